The Morgan fingerprint density at radius 3 is 1.89 bits per heavy atom. The molecule has 0 aliphatic heterocycles. The molecule has 4 saturated carbocycles. The number of benzene rings is 8. The molecule has 8 aromatic carbocycles. The van der Waals surface area contributed by atoms with Gasteiger partial charge in [-0.2, -0.15) is 0 Å². The Kier molecular flexibility index (Phi) is 9.33. The minimum atomic E-state index is 0.503. The molecule has 1 aromatic heterocycles. The number of thiophene rings is 1. The lowest BCUT2D eigenvalue weighted by Gasteiger charge is -2.54. The lowest BCUT2D eigenvalue weighted by atomic mass is 9.50. The highest BCUT2D eigenvalue weighted by Crippen LogP contribution is 2.61. The van der Waals surface area contributed by atoms with Crippen LogP contribution in [0.1, 0.15) is 49.1 Å². The van der Waals surface area contributed by atoms with Gasteiger partial charge in [0.1, 0.15) is 11.5 Å². The van der Waals surface area contributed by atoms with E-state index in [2.05, 4.69) is 200 Å². The summed E-state index contributed by atoms with van der Waals surface area (Å²) in [5.74, 6) is 5.69. The van der Waals surface area contributed by atoms with Crippen molar-refractivity contribution in [1.29, 1.82) is 0 Å². The van der Waals surface area contributed by atoms with Gasteiger partial charge in [0.15, 0.2) is 0 Å². The number of aryl methyl sites for hydroxylation is 1. The third kappa shape index (κ3) is 6.62. The van der Waals surface area contributed by atoms with Gasteiger partial charge in [0.25, 0.3) is 0 Å². The van der Waals surface area contributed by atoms with Gasteiger partial charge in [-0.15, -0.1) is 11.3 Å². The van der Waals surface area contributed by atoms with E-state index in [0.29, 0.717) is 17.8 Å². The summed E-state index contributed by atoms with van der Waals surface area (Å²) in [4.78, 5) is 2.47. The Balaban J connectivity index is 0.990. The fourth-order valence-corrected chi connectivity index (χ4v) is 13.0. The van der Waals surface area contributed by atoms with Crippen molar-refractivity contribution in [3.05, 3.63) is 199 Å². The Labute approximate surface area is 369 Å². The normalized spacial score (nSPS) is 20.2. The number of rotatable bonds is 9. The Bertz CT molecular complexity index is 3060. The van der Waals surface area contributed by atoms with Gasteiger partial charge in [-0.25, -0.2) is 0 Å². The van der Waals surface area contributed by atoms with E-state index in [9.17, 15) is 0 Å². The van der Waals surface area contributed by atoms with Crippen LogP contribution >= 0.6 is 11.3 Å². The van der Waals surface area contributed by atoms with Gasteiger partial charge in [0.2, 0.25) is 0 Å². The molecular weight excluding hydrogens is 771 g/mol. The van der Waals surface area contributed by atoms with Crippen molar-refractivity contribution in [2.75, 3.05) is 4.90 Å². The van der Waals surface area contributed by atoms with Gasteiger partial charge in [0.05, 0.1) is 0 Å². The van der Waals surface area contributed by atoms with E-state index in [1.807, 2.05) is 11.3 Å². The molecule has 4 aliphatic rings. The van der Waals surface area contributed by atoms with Crippen molar-refractivity contribution in [3.63, 3.8) is 0 Å². The van der Waals surface area contributed by atoms with Gasteiger partial charge in [-0.1, -0.05) is 127 Å². The van der Waals surface area contributed by atoms with Crippen LogP contribution in [0.2, 0.25) is 0 Å². The molecule has 0 radical (unpaired) electrons. The maximum absolute atomic E-state index is 6.96. The number of hydrogen-bond acceptors (Lipinski definition) is 3. The second kappa shape index (κ2) is 15.5. The Morgan fingerprint density at radius 1 is 0.452 bits per heavy atom. The quantitative estimate of drug-likeness (QED) is 0.144. The molecule has 9 aromatic rings. The zero-order valence-corrected chi connectivity index (χ0v) is 35.9. The first-order chi connectivity index (χ1) is 30.6. The third-order valence-corrected chi connectivity index (χ3v) is 15.6. The number of para-hydroxylation sites is 1. The standard InChI is InChI=1S/C59H49NOS/c1-38-13-5-9-22-54(38)61-55-30-29-48(37-53(55)58-44-32-39-31-40(34-44)35-45(58)33-39)60(47-17-11-16-43(36-47)41-14-3-2-4-15-41)46-27-25-42(26-28-46)49-18-6-7-19-50(49)51-21-12-24-57-59(51)52-20-8-10-23-56(52)62-57/h2-30,36-37,39-40,44-45,58H,31-35H2,1H3. The zero-order chi connectivity index (χ0) is 41.1. The van der Waals surface area contributed by atoms with Crippen LogP contribution in [0, 0.1) is 30.6 Å². The maximum atomic E-state index is 6.96. The van der Waals surface area contributed by atoms with Gasteiger partial charge in [0, 0.05) is 42.8 Å². The summed E-state index contributed by atoms with van der Waals surface area (Å²) in [5, 5.41) is 2.66. The van der Waals surface area contributed by atoms with Crippen molar-refractivity contribution < 1.29 is 4.74 Å². The highest BCUT2D eigenvalue weighted by Gasteiger charge is 2.49. The summed E-state index contributed by atoms with van der Waals surface area (Å²) in [5.41, 5.74) is 13.4. The summed E-state index contributed by atoms with van der Waals surface area (Å²) >= 11 is 1.88. The molecule has 2 nitrogen and oxygen atoms in total. The smallest absolute Gasteiger partial charge is 0.131 e. The summed E-state index contributed by atoms with van der Waals surface area (Å²) in [6.45, 7) is 2.15. The molecule has 0 amide bonds. The van der Waals surface area contributed by atoms with Gasteiger partial charge < -0.3 is 9.64 Å². The average molecular weight is 820 g/mol. The first kappa shape index (κ1) is 37.4. The van der Waals surface area contributed by atoms with E-state index >= 15 is 0 Å². The lowest BCUT2D eigenvalue weighted by Crippen LogP contribution is -2.43. The number of hydrogen-bond donors (Lipinski definition) is 0. The molecule has 62 heavy (non-hydrogen) atoms. The average Bonchev–Trinajstić information content (AvgIpc) is 3.70. The van der Waals surface area contributed by atoms with Crippen LogP contribution < -0.4 is 9.64 Å². The van der Waals surface area contributed by atoms with Crippen molar-refractivity contribution in [3.8, 4) is 44.9 Å². The molecule has 4 fully saturated rings. The molecule has 0 N–H and O–H groups in total. The highest BCUT2D eigenvalue weighted by molar-refractivity contribution is 7.25. The van der Waals surface area contributed by atoms with E-state index in [4.69, 9.17) is 4.74 Å². The van der Waals surface area contributed by atoms with Crippen LogP contribution in [-0.4, -0.2) is 0 Å². The number of ether oxygens (including phenoxy) is 1. The number of fused-ring (bicyclic) bond motifs is 3. The van der Waals surface area contributed by atoms with E-state index in [1.165, 1.54) is 96.9 Å². The molecule has 4 bridgehead atoms. The van der Waals surface area contributed by atoms with Crippen LogP contribution in [0.15, 0.2) is 188 Å². The van der Waals surface area contributed by atoms with Crippen LogP contribution in [0.5, 0.6) is 11.5 Å². The van der Waals surface area contributed by atoms with Crippen molar-refractivity contribution in [1.82, 2.24) is 0 Å². The molecule has 0 saturated heterocycles. The lowest BCUT2D eigenvalue weighted by molar-refractivity contribution is -0.00334. The maximum Gasteiger partial charge on any atom is 0.131 e. The molecule has 0 spiro atoms. The first-order valence-corrected chi connectivity index (χ1v) is 23.4. The summed E-state index contributed by atoms with van der Waals surface area (Å²) in [6, 6.07) is 69.1. The molecular formula is C59H49NOS. The minimum absolute atomic E-state index is 0.503. The van der Waals surface area contributed by atoms with Crippen LogP contribution in [0.25, 0.3) is 53.6 Å². The second-order valence-electron chi connectivity index (χ2n) is 18.2. The van der Waals surface area contributed by atoms with Gasteiger partial charge >= 0.3 is 0 Å². The second-order valence-corrected chi connectivity index (χ2v) is 19.3. The predicted octanol–water partition coefficient (Wildman–Crippen LogP) is 17.2. The van der Waals surface area contributed by atoms with Crippen LogP contribution in [0.3, 0.4) is 0 Å². The van der Waals surface area contributed by atoms with Crippen molar-refractivity contribution in [2.24, 2.45) is 23.7 Å². The van der Waals surface area contributed by atoms with Crippen LogP contribution in [-0.2, 0) is 0 Å². The number of anilines is 3. The van der Waals surface area contributed by atoms with Crippen LogP contribution in [0.4, 0.5) is 17.1 Å². The Morgan fingerprint density at radius 2 is 1.08 bits per heavy atom. The highest BCUT2D eigenvalue weighted by atomic mass is 32.1. The van der Waals surface area contributed by atoms with Crippen molar-refractivity contribution in [2.45, 2.75) is 44.9 Å². The largest absolute Gasteiger partial charge is 0.457 e. The monoisotopic (exact) mass is 819 g/mol. The van der Waals surface area contributed by atoms with Crippen molar-refractivity contribution >= 4 is 48.6 Å². The van der Waals surface area contributed by atoms with Gasteiger partial charge in [-0.3, -0.25) is 0 Å². The van der Waals surface area contributed by atoms with Gasteiger partial charge in [-0.05, 0) is 168 Å². The molecule has 302 valence electrons. The summed E-state index contributed by atoms with van der Waals surface area (Å²) in [6.07, 6.45) is 6.87. The SMILES string of the molecule is Cc1ccccc1Oc1ccc(N(c2ccc(-c3ccccc3-c3cccc4sc5ccccc5c34)cc2)c2cccc(-c3ccccc3)c2)cc1C1C2CC3CC(C2)CC1C3. The summed E-state index contributed by atoms with van der Waals surface area (Å²) < 4.78 is 9.61. The topological polar surface area (TPSA) is 12.5 Å². The summed E-state index contributed by atoms with van der Waals surface area (Å²) in [7, 11) is 0. The van der Waals surface area contributed by atoms with E-state index in [0.717, 1.165) is 40.3 Å². The van der Waals surface area contributed by atoms with E-state index < -0.39 is 0 Å². The fraction of sp³-hybridized carbons (Fsp3) is 0.186. The number of nitrogens with zero attached hydrogens (tertiary/aromatic N) is 1. The molecule has 1 heterocycles. The first-order valence-electron chi connectivity index (χ1n) is 22.5. The fourth-order valence-electron chi connectivity index (χ4n) is 11.9. The third-order valence-electron chi connectivity index (χ3n) is 14.4. The zero-order valence-electron chi connectivity index (χ0n) is 35.1. The van der Waals surface area contributed by atoms with E-state index in [-0.39, 0.29) is 0 Å². The molecule has 13 rings (SSSR count). The van der Waals surface area contributed by atoms with E-state index in [1.54, 1.807) is 0 Å². The molecule has 4 aliphatic carbocycles. The molecule has 0 atom stereocenters. The minimum Gasteiger partial charge on any atom is -0.457 e. The molecule has 0 unspecified atom stereocenters. The predicted molar refractivity (Wildman–Crippen MR) is 261 cm³/mol. The Hall–Kier alpha value is -6.42. The molecule has 3 heteroatoms.